The molecule has 0 bridgehead atoms. The lowest BCUT2D eigenvalue weighted by Gasteiger charge is -2.37. The molecule has 1 atom stereocenters. The summed E-state index contributed by atoms with van der Waals surface area (Å²) in [5.74, 6) is -0.276. The molecule has 2 aromatic carbocycles. The molecule has 0 radical (unpaired) electrons. The molecular weight excluding hydrogens is 373 g/mol. The van der Waals surface area contributed by atoms with E-state index in [2.05, 4.69) is 4.90 Å². The summed E-state index contributed by atoms with van der Waals surface area (Å²) in [6.45, 7) is 2.91. The van der Waals surface area contributed by atoms with Gasteiger partial charge >= 0.3 is 0 Å². The number of nitrogens with zero attached hydrogens (tertiary/aromatic N) is 3. The first-order valence-electron chi connectivity index (χ1n) is 9.79. The van der Waals surface area contributed by atoms with Crippen molar-refractivity contribution in [3.63, 3.8) is 0 Å². The Morgan fingerprint density at radius 3 is 2.38 bits per heavy atom. The molecule has 0 unspecified atom stereocenters. The normalized spacial score (nSPS) is 19.6. The summed E-state index contributed by atoms with van der Waals surface area (Å²) < 4.78 is 19.2. The van der Waals surface area contributed by atoms with Gasteiger partial charge in [-0.25, -0.2) is 4.39 Å². The topological polar surface area (TPSA) is 53.1 Å². The van der Waals surface area contributed by atoms with E-state index in [-0.39, 0.29) is 30.5 Å². The van der Waals surface area contributed by atoms with Crippen LogP contribution in [0.3, 0.4) is 0 Å². The zero-order valence-corrected chi connectivity index (χ0v) is 16.4. The number of carbonyl (C=O) groups is 2. The van der Waals surface area contributed by atoms with Gasteiger partial charge in [-0.05, 0) is 36.4 Å². The fourth-order valence-corrected chi connectivity index (χ4v) is 4.01. The molecule has 2 aromatic rings. The average Bonchev–Trinajstić information content (AvgIpc) is 3.15. The van der Waals surface area contributed by atoms with Gasteiger partial charge in [0.25, 0.3) is 0 Å². The van der Waals surface area contributed by atoms with Gasteiger partial charge in [0.1, 0.15) is 11.6 Å². The number of anilines is 2. The second-order valence-electron chi connectivity index (χ2n) is 7.37. The highest BCUT2D eigenvalue weighted by Crippen LogP contribution is 2.29. The van der Waals surface area contributed by atoms with E-state index >= 15 is 0 Å². The van der Waals surface area contributed by atoms with E-state index in [9.17, 15) is 14.0 Å². The summed E-state index contributed by atoms with van der Waals surface area (Å²) in [7, 11) is 1.64. The number of methoxy groups -OCH3 is 1. The van der Waals surface area contributed by atoms with Crippen LogP contribution < -0.4 is 14.5 Å². The van der Waals surface area contributed by atoms with Crippen LogP contribution in [0.4, 0.5) is 15.8 Å². The molecule has 152 valence electrons. The molecule has 2 amide bonds. The third kappa shape index (κ3) is 3.90. The van der Waals surface area contributed by atoms with Gasteiger partial charge in [0.05, 0.1) is 18.7 Å². The predicted octanol–water partition coefficient (Wildman–Crippen LogP) is 2.54. The van der Waals surface area contributed by atoms with Crippen molar-refractivity contribution in [2.75, 3.05) is 49.6 Å². The second-order valence-corrected chi connectivity index (χ2v) is 7.37. The third-order valence-electron chi connectivity index (χ3n) is 5.65. The molecule has 2 aliphatic rings. The van der Waals surface area contributed by atoms with Crippen LogP contribution in [0.1, 0.15) is 6.42 Å². The van der Waals surface area contributed by atoms with E-state index in [4.69, 9.17) is 4.74 Å². The summed E-state index contributed by atoms with van der Waals surface area (Å²) >= 11 is 0. The smallest absolute Gasteiger partial charge is 0.228 e. The van der Waals surface area contributed by atoms with E-state index in [1.54, 1.807) is 25.3 Å². The average molecular weight is 397 g/mol. The SMILES string of the molecule is COc1ccc(N2CCN(C(=O)[C@H]3CC(=O)N(c4ccccc4F)C3)CC2)cc1. The van der Waals surface area contributed by atoms with Crippen LogP contribution in [0.5, 0.6) is 5.75 Å². The van der Waals surface area contributed by atoms with E-state index in [1.807, 2.05) is 29.2 Å². The van der Waals surface area contributed by atoms with Crippen LogP contribution >= 0.6 is 0 Å². The Hall–Kier alpha value is -3.09. The van der Waals surface area contributed by atoms with Gasteiger partial charge in [-0.15, -0.1) is 0 Å². The van der Waals surface area contributed by atoms with Crippen molar-refractivity contribution in [3.8, 4) is 5.75 Å². The monoisotopic (exact) mass is 397 g/mol. The molecule has 4 rings (SSSR count). The minimum absolute atomic E-state index is 0.0217. The number of amides is 2. The number of piperazine rings is 1. The van der Waals surface area contributed by atoms with Crippen molar-refractivity contribution >= 4 is 23.2 Å². The van der Waals surface area contributed by atoms with Crippen LogP contribution in [-0.2, 0) is 9.59 Å². The number of ether oxygens (including phenoxy) is 1. The van der Waals surface area contributed by atoms with Crippen molar-refractivity contribution in [1.82, 2.24) is 4.90 Å². The van der Waals surface area contributed by atoms with E-state index in [0.717, 1.165) is 24.5 Å². The molecule has 0 saturated carbocycles. The molecule has 2 fully saturated rings. The number of halogens is 1. The number of benzene rings is 2. The van der Waals surface area contributed by atoms with Gasteiger partial charge in [0, 0.05) is 44.8 Å². The lowest BCUT2D eigenvalue weighted by atomic mass is 10.1. The molecule has 2 saturated heterocycles. The van der Waals surface area contributed by atoms with Crippen molar-refractivity contribution in [3.05, 3.63) is 54.3 Å². The van der Waals surface area contributed by atoms with Crippen molar-refractivity contribution < 1.29 is 18.7 Å². The largest absolute Gasteiger partial charge is 0.497 e. The van der Waals surface area contributed by atoms with Crippen LogP contribution in [0, 0.1) is 11.7 Å². The fourth-order valence-electron chi connectivity index (χ4n) is 4.01. The van der Waals surface area contributed by atoms with E-state index in [1.165, 1.54) is 11.0 Å². The summed E-state index contributed by atoms with van der Waals surface area (Å²) in [5.41, 5.74) is 1.34. The van der Waals surface area contributed by atoms with Gasteiger partial charge in [0.15, 0.2) is 0 Å². The lowest BCUT2D eigenvalue weighted by Crippen LogP contribution is -2.50. The Labute approximate surface area is 169 Å². The van der Waals surface area contributed by atoms with E-state index in [0.29, 0.717) is 13.1 Å². The van der Waals surface area contributed by atoms with Gasteiger partial charge in [-0.3, -0.25) is 9.59 Å². The van der Waals surface area contributed by atoms with Gasteiger partial charge in [-0.1, -0.05) is 12.1 Å². The Balaban J connectivity index is 1.36. The van der Waals surface area contributed by atoms with E-state index < -0.39 is 11.7 Å². The van der Waals surface area contributed by atoms with Crippen LogP contribution in [0.2, 0.25) is 0 Å². The molecule has 2 aliphatic heterocycles. The number of carbonyl (C=O) groups excluding carboxylic acids is 2. The summed E-state index contributed by atoms with van der Waals surface area (Å²) in [5, 5.41) is 0. The first-order chi connectivity index (χ1) is 14.1. The first kappa shape index (κ1) is 19.2. The highest BCUT2D eigenvalue weighted by Gasteiger charge is 2.38. The molecule has 0 N–H and O–H groups in total. The number of hydrogen-bond donors (Lipinski definition) is 0. The number of para-hydroxylation sites is 1. The van der Waals surface area contributed by atoms with Crippen LogP contribution in [0.15, 0.2) is 48.5 Å². The molecule has 0 aliphatic carbocycles. The van der Waals surface area contributed by atoms with Crippen molar-refractivity contribution in [1.29, 1.82) is 0 Å². The second kappa shape index (κ2) is 8.11. The maximum Gasteiger partial charge on any atom is 0.228 e. The third-order valence-corrected chi connectivity index (χ3v) is 5.65. The van der Waals surface area contributed by atoms with Gasteiger partial charge in [0.2, 0.25) is 11.8 Å². The molecule has 6 nitrogen and oxygen atoms in total. The number of hydrogen-bond acceptors (Lipinski definition) is 4. The maximum atomic E-state index is 14.0. The predicted molar refractivity (Wildman–Crippen MR) is 109 cm³/mol. The zero-order chi connectivity index (χ0) is 20.4. The minimum atomic E-state index is -0.443. The summed E-state index contributed by atoms with van der Waals surface area (Å²) in [4.78, 5) is 30.8. The van der Waals surface area contributed by atoms with Crippen LogP contribution in [-0.4, -0.2) is 56.5 Å². The highest BCUT2D eigenvalue weighted by molar-refractivity contribution is 6.00. The van der Waals surface area contributed by atoms with Gasteiger partial charge < -0.3 is 19.4 Å². The zero-order valence-electron chi connectivity index (χ0n) is 16.4. The summed E-state index contributed by atoms with van der Waals surface area (Å²) in [6, 6.07) is 14.1. The Kier molecular flexibility index (Phi) is 5.38. The molecule has 0 spiro atoms. The fraction of sp³-hybridized carbons (Fsp3) is 0.364. The highest BCUT2D eigenvalue weighted by atomic mass is 19.1. The Morgan fingerprint density at radius 1 is 1.03 bits per heavy atom. The molecule has 7 heteroatoms. The van der Waals surface area contributed by atoms with Gasteiger partial charge in [-0.2, -0.15) is 0 Å². The maximum absolute atomic E-state index is 14.0. The minimum Gasteiger partial charge on any atom is -0.497 e. The first-order valence-corrected chi connectivity index (χ1v) is 9.79. The quantitative estimate of drug-likeness (QED) is 0.796. The van der Waals surface area contributed by atoms with Crippen molar-refractivity contribution in [2.24, 2.45) is 5.92 Å². The molecular formula is C22H24FN3O3. The molecule has 29 heavy (non-hydrogen) atoms. The van der Waals surface area contributed by atoms with Crippen LogP contribution in [0.25, 0.3) is 0 Å². The van der Waals surface area contributed by atoms with Crippen molar-refractivity contribution in [2.45, 2.75) is 6.42 Å². The summed E-state index contributed by atoms with van der Waals surface area (Å²) in [6.07, 6.45) is 0.131. The lowest BCUT2D eigenvalue weighted by molar-refractivity contribution is -0.136. The number of rotatable bonds is 4. The molecule has 0 aromatic heterocycles. The Bertz CT molecular complexity index is 894. The molecule has 2 heterocycles. The Morgan fingerprint density at radius 2 is 1.72 bits per heavy atom. The standard InChI is InChI=1S/C22H24FN3O3/c1-29-18-8-6-17(7-9-18)24-10-12-25(13-11-24)22(28)16-14-21(27)26(15-16)20-5-3-2-4-19(20)23/h2-9,16H,10-15H2,1H3/t16-/m0/s1.